The van der Waals surface area contributed by atoms with E-state index < -0.39 is 0 Å². The monoisotopic (exact) mass is 204 g/mol. The molecule has 0 radical (unpaired) electrons. The predicted octanol–water partition coefficient (Wildman–Crippen LogP) is 2.30. The molecule has 14 heavy (non-hydrogen) atoms. The van der Waals surface area contributed by atoms with Crippen LogP contribution in [0.5, 0.6) is 0 Å². The third-order valence-corrected chi connectivity index (χ3v) is 2.50. The second kappa shape index (κ2) is 4.02. The maximum Gasteiger partial charge on any atom is 0.270 e. The van der Waals surface area contributed by atoms with Crippen LogP contribution < -0.4 is 0 Å². The summed E-state index contributed by atoms with van der Waals surface area (Å²) in [5, 5.41) is 5.81. The summed E-state index contributed by atoms with van der Waals surface area (Å²) in [6.07, 6.45) is 6.51. The number of hydrogen-bond acceptors (Lipinski definition) is 3. The molecule has 2 aromatic heterocycles. The smallest absolute Gasteiger partial charge is 0.267 e. The molecular formula is C10H8N2OS. The van der Waals surface area contributed by atoms with Crippen molar-refractivity contribution in [3.8, 4) is 0 Å². The lowest BCUT2D eigenvalue weighted by atomic mass is 10.4. The standard InChI is InChI=1S/C10H8N2OS/c13-10(12-7-2-6-11-12)5-4-9-3-1-8-14-9/h1-8H. The lowest BCUT2D eigenvalue weighted by Crippen LogP contribution is -2.06. The van der Waals surface area contributed by atoms with Gasteiger partial charge in [0.05, 0.1) is 0 Å². The van der Waals surface area contributed by atoms with Crippen LogP contribution in [0, 0.1) is 0 Å². The molecule has 0 saturated carbocycles. The summed E-state index contributed by atoms with van der Waals surface area (Å²) in [6, 6.07) is 5.62. The van der Waals surface area contributed by atoms with Gasteiger partial charge in [0.25, 0.3) is 5.91 Å². The van der Waals surface area contributed by atoms with Gasteiger partial charge >= 0.3 is 0 Å². The van der Waals surface area contributed by atoms with Crippen LogP contribution in [-0.4, -0.2) is 15.7 Å². The fourth-order valence-electron chi connectivity index (χ4n) is 1.02. The topological polar surface area (TPSA) is 34.9 Å². The Morgan fingerprint density at radius 3 is 3.07 bits per heavy atom. The Labute approximate surface area is 85.3 Å². The molecule has 0 aliphatic heterocycles. The van der Waals surface area contributed by atoms with Gasteiger partial charge in [-0.1, -0.05) is 6.07 Å². The van der Waals surface area contributed by atoms with Crippen molar-refractivity contribution in [3.63, 3.8) is 0 Å². The van der Waals surface area contributed by atoms with Gasteiger partial charge in [-0.05, 0) is 23.6 Å². The fraction of sp³-hybridized carbons (Fsp3) is 0. The zero-order valence-corrected chi connectivity index (χ0v) is 8.15. The molecule has 0 N–H and O–H groups in total. The van der Waals surface area contributed by atoms with E-state index in [9.17, 15) is 4.79 Å². The highest BCUT2D eigenvalue weighted by Gasteiger charge is 1.97. The first-order valence-corrected chi connectivity index (χ1v) is 5.00. The molecule has 3 nitrogen and oxygen atoms in total. The first-order valence-electron chi connectivity index (χ1n) is 4.12. The van der Waals surface area contributed by atoms with Crippen molar-refractivity contribution >= 4 is 23.3 Å². The molecule has 0 aromatic carbocycles. The van der Waals surface area contributed by atoms with Crippen LogP contribution in [0.25, 0.3) is 6.08 Å². The van der Waals surface area contributed by atoms with Crippen LogP contribution in [0.3, 0.4) is 0 Å². The van der Waals surface area contributed by atoms with E-state index >= 15 is 0 Å². The van der Waals surface area contributed by atoms with Crippen molar-refractivity contribution in [1.29, 1.82) is 0 Å². The Kier molecular flexibility index (Phi) is 2.55. The van der Waals surface area contributed by atoms with Gasteiger partial charge in [0.2, 0.25) is 0 Å². The lowest BCUT2D eigenvalue weighted by Gasteiger charge is -1.91. The summed E-state index contributed by atoms with van der Waals surface area (Å²) in [7, 11) is 0. The Bertz CT molecular complexity index is 429. The number of carbonyl (C=O) groups excluding carboxylic acids is 1. The highest BCUT2D eigenvalue weighted by atomic mass is 32.1. The van der Waals surface area contributed by atoms with Crippen LogP contribution in [0.1, 0.15) is 9.67 Å². The zero-order chi connectivity index (χ0) is 9.80. The number of carbonyl (C=O) groups is 1. The van der Waals surface area contributed by atoms with Gasteiger partial charge in [-0.2, -0.15) is 5.10 Å². The van der Waals surface area contributed by atoms with Crippen LogP contribution in [0.15, 0.2) is 42.0 Å². The largest absolute Gasteiger partial charge is 0.270 e. The van der Waals surface area contributed by atoms with Gasteiger partial charge in [-0.25, -0.2) is 4.68 Å². The highest BCUT2D eigenvalue weighted by molar-refractivity contribution is 7.10. The fourth-order valence-corrected chi connectivity index (χ4v) is 1.63. The van der Waals surface area contributed by atoms with Crippen molar-refractivity contribution in [2.45, 2.75) is 0 Å². The molecule has 0 aliphatic rings. The number of nitrogens with zero attached hydrogens (tertiary/aromatic N) is 2. The molecular weight excluding hydrogens is 196 g/mol. The lowest BCUT2D eigenvalue weighted by molar-refractivity contribution is 0.0955. The van der Waals surface area contributed by atoms with E-state index in [0.717, 1.165) is 4.88 Å². The van der Waals surface area contributed by atoms with E-state index in [1.165, 1.54) is 10.8 Å². The van der Waals surface area contributed by atoms with Crippen molar-refractivity contribution < 1.29 is 4.79 Å². The van der Waals surface area contributed by atoms with E-state index in [1.54, 1.807) is 35.9 Å². The SMILES string of the molecule is O=C(C=Cc1cccs1)n1cccn1. The van der Waals surface area contributed by atoms with Crippen LogP contribution >= 0.6 is 11.3 Å². The minimum absolute atomic E-state index is 0.136. The van der Waals surface area contributed by atoms with E-state index in [2.05, 4.69) is 5.10 Å². The number of rotatable bonds is 2. The predicted molar refractivity (Wildman–Crippen MR) is 56.2 cm³/mol. The molecule has 0 spiro atoms. The molecule has 0 saturated heterocycles. The molecule has 2 aromatic rings. The second-order valence-corrected chi connectivity index (χ2v) is 3.62. The van der Waals surface area contributed by atoms with E-state index in [1.807, 2.05) is 17.5 Å². The summed E-state index contributed by atoms with van der Waals surface area (Å²) >= 11 is 1.59. The third-order valence-electron chi connectivity index (χ3n) is 1.66. The molecule has 2 heterocycles. The average Bonchev–Trinajstić information content (AvgIpc) is 2.87. The maximum atomic E-state index is 11.4. The van der Waals surface area contributed by atoms with Crippen molar-refractivity contribution in [1.82, 2.24) is 9.78 Å². The number of aromatic nitrogens is 2. The molecule has 0 unspecified atom stereocenters. The average molecular weight is 204 g/mol. The summed E-state index contributed by atoms with van der Waals surface area (Å²) in [5.41, 5.74) is 0. The molecule has 4 heteroatoms. The molecule has 0 bridgehead atoms. The van der Waals surface area contributed by atoms with Gasteiger partial charge in [0.15, 0.2) is 0 Å². The quantitative estimate of drug-likeness (QED) is 0.703. The van der Waals surface area contributed by atoms with Crippen molar-refractivity contribution in [2.24, 2.45) is 0 Å². The zero-order valence-electron chi connectivity index (χ0n) is 7.33. The molecule has 0 fully saturated rings. The Morgan fingerprint density at radius 2 is 2.43 bits per heavy atom. The number of hydrogen-bond donors (Lipinski definition) is 0. The van der Waals surface area contributed by atoms with Crippen molar-refractivity contribution in [3.05, 3.63) is 46.9 Å². The summed E-state index contributed by atoms with van der Waals surface area (Å²) < 4.78 is 1.30. The molecule has 0 atom stereocenters. The first-order chi connectivity index (χ1) is 6.86. The minimum atomic E-state index is -0.136. The summed E-state index contributed by atoms with van der Waals surface area (Å²) in [5.74, 6) is -0.136. The van der Waals surface area contributed by atoms with Gasteiger partial charge in [-0.15, -0.1) is 11.3 Å². The summed E-state index contributed by atoms with van der Waals surface area (Å²) in [4.78, 5) is 12.5. The Hall–Kier alpha value is -1.68. The number of allylic oxidation sites excluding steroid dienone is 1. The van der Waals surface area contributed by atoms with Gasteiger partial charge in [0.1, 0.15) is 0 Å². The van der Waals surface area contributed by atoms with Gasteiger partial charge < -0.3 is 0 Å². The third kappa shape index (κ3) is 1.97. The first kappa shape index (κ1) is 8.90. The Balaban J connectivity index is 2.09. The molecule has 0 amide bonds. The minimum Gasteiger partial charge on any atom is -0.267 e. The second-order valence-electron chi connectivity index (χ2n) is 2.64. The van der Waals surface area contributed by atoms with Crippen LogP contribution in [-0.2, 0) is 0 Å². The maximum absolute atomic E-state index is 11.4. The van der Waals surface area contributed by atoms with Crippen LogP contribution in [0.4, 0.5) is 0 Å². The Morgan fingerprint density at radius 1 is 1.50 bits per heavy atom. The van der Waals surface area contributed by atoms with Gasteiger partial charge in [-0.3, -0.25) is 4.79 Å². The van der Waals surface area contributed by atoms with E-state index in [-0.39, 0.29) is 5.91 Å². The molecule has 70 valence electrons. The van der Waals surface area contributed by atoms with E-state index in [0.29, 0.717) is 0 Å². The normalized spacial score (nSPS) is 10.9. The summed E-state index contributed by atoms with van der Waals surface area (Å²) in [6.45, 7) is 0. The molecule has 2 rings (SSSR count). The number of thiophene rings is 1. The van der Waals surface area contributed by atoms with E-state index in [4.69, 9.17) is 0 Å². The van der Waals surface area contributed by atoms with Gasteiger partial charge in [0, 0.05) is 23.3 Å². The van der Waals surface area contributed by atoms with Crippen LogP contribution in [0.2, 0.25) is 0 Å². The van der Waals surface area contributed by atoms with Crippen molar-refractivity contribution in [2.75, 3.05) is 0 Å². The highest BCUT2D eigenvalue weighted by Crippen LogP contribution is 2.10. The molecule has 0 aliphatic carbocycles.